The Morgan fingerprint density at radius 1 is 1.03 bits per heavy atom. The van der Waals surface area contributed by atoms with Crippen molar-refractivity contribution in [2.75, 3.05) is 6.54 Å². The molecule has 13 nitrogen and oxygen atoms in total. The van der Waals surface area contributed by atoms with Gasteiger partial charge < -0.3 is 37.2 Å². The number of aliphatic carboxylic acids is 2. The van der Waals surface area contributed by atoms with Crippen LogP contribution in [0.1, 0.15) is 58.8 Å². The molecular formula is C21H35N5O8. The molecule has 1 aliphatic rings. The summed E-state index contributed by atoms with van der Waals surface area (Å²) in [5.41, 5.74) is 11.2. The zero-order valence-electron chi connectivity index (χ0n) is 19.5. The number of carbonyl (C=O) groups excluding carboxylic acids is 4. The van der Waals surface area contributed by atoms with Crippen molar-refractivity contribution < 1.29 is 39.0 Å². The van der Waals surface area contributed by atoms with Crippen LogP contribution in [0, 0.1) is 5.92 Å². The molecule has 4 amide bonds. The number of nitrogens with one attached hydrogen (secondary N) is 2. The summed E-state index contributed by atoms with van der Waals surface area (Å²) < 4.78 is 0. The Hall–Kier alpha value is -3.22. The molecule has 13 heteroatoms. The standard InChI is InChI=1S/C21H35N5O8/c1-3-11(2)17(23)20(32)26-10-4-5-14(26)19(31)24-12(6-8-15(22)27)18(30)25-13(21(33)34)7-9-16(28)29/h11-14,17H,3-10,23H2,1-2H3,(H2,22,27)(H,24,31)(H,25,30)(H,28,29)(H,33,34). The molecule has 0 aromatic rings. The fourth-order valence-electron chi connectivity index (χ4n) is 3.61. The van der Waals surface area contributed by atoms with E-state index < -0.39 is 60.2 Å². The monoisotopic (exact) mass is 485 g/mol. The van der Waals surface area contributed by atoms with Crippen LogP contribution < -0.4 is 22.1 Å². The zero-order chi connectivity index (χ0) is 26.0. The van der Waals surface area contributed by atoms with E-state index in [1.165, 1.54) is 4.90 Å². The first kappa shape index (κ1) is 28.8. The predicted octanol–water partition coefficient (Wildman–Crippen LogP) is -1.46. The van der Waals surface area contributed by atoms with Crippen molar-refractivity contribution in [1.82, 2.24) is 15.5 Å². The minimum atomic E-state index is -1.50. The molecular weight excluding hydrogens is 450 g/mol. The van der Waals surface area contributed by atoms with E-state index >= 15 is 0 Å². The second kappa shape index (κ2) is 13.5. The third-order valence-corrected chi connectivity index (χ3v) is 5.95. The highest BCUT2D eigenvalue weighted by atomic mass is 16.4. The quantitative estimate of drug-likeness (QED) is 0.169. The lowest BCUT2D eigenvalue weighted by molar-refractivity contribution is -0.144. The fourth-order valence-corrected chi connectivity index (χ4v) is 3.61. The Morgan fingerprint density at radius 2 is 1.65 bits per heavy atom. The SMILES string of the molecule is CCC(C)C(N)C(=O)N1CCCC1C(=O)NC(CCC(N)=O)C(=O)NC(CCC(=O)O)C(=O)O. The van der Waals surface area contributed by atoms with E-state index in [1.807, 2.05) is 13.8 Å². The van der Waals surface area contributed by atoms with Gasteiger partial charge in [0.2, 0.25) is 23.6 Å². The first-order valence-corrected chi connectivity index (χ1v) is 11.3. The molecule has 1 saturated heterocycles. The van der Waals surface area contributed by atoms with E-state index in [-0.39, 0.29) is 31.1 Å². The van der Waals surface area contributed by atoms with Gasteiger partial charge in [-0.25, -0.2) is 4.79 Å². The third-order valence-electron chi connectivity index (χ3n) is 5.95. The van der Waals surface area contributed by atoms with Crippen LogP contribution in [-0.2, 0) is 28.8 Å². The van der Waals surface area contributed by atoms with E-state index in [4.69, 9.17) is 16.6 Å². The Bertz CT molecular complexity index is 789. The van der Waals surface area contributed by atoms with E-state index in [0.29, 0.717) is 25.8 Å². The van der Waals surface area contributed by atoms with Gasteiger partial charge in [-0.3, -0.25) is 24.0 Å². The van der Waals surface area contributed by atoms with Crippen LogP contribution in [0.3, 0.4) is 0 Å². The van der Waals surface area contributed by atoms with E-state index in [9.17, 15) is 33.9 Å². The van der Waals surface area contributed by atoms with Crippen molar-refractivity contribution >= 4 is 35.6 Å². The summed E-state index contributed by atoms with van der Waals surface area (Å²) in [7, 11) is 0. The lowest BCUT2D eigenvalue weighted by Crippen LogP contribution is -2.57. The number of amides is 4. The normalized spacial score (nSPS) is 18.9. The van der Waals surface area contributed by atoms with E-state index in [1.54, 1.807) is 0 Å². The molecule has 0 saturated carbocycles. The average Bonchev–Trinajstić information content (AvgIpc) is 3.26. The van der Waals surface area contributed by atoms with Crippen molar-refractivity contribution in [3.05, 3.63) is 0 Å². The summed E-state index contributed by atoms with van der Waals surface area (Å²) in [5.74, 6) is -5.41. The van der Waals surface area contributed by atoms with Gasteiger partial charge in [-0.1, -0.05) is 20.3 Å². The Kier molecular flexibility index (Phi) is 11.4. The summed E-state index contributed by atoms with van der Waals surface area (Å²) in [4.78, 5) is 73.3. The Morgan fingerprint density at radius 3 is 2.18 bits per heavy atom. The molecule has 1 fully saturated rings. The van der Waals surface area contributed by atoms with E-state index in [2.05, 4.69) is 10.6 Å². The van der Waals surface area contributed by atoms with Gasteiger partial charge in [0.15, 0.2) is 0 Å². The van der Waals surface area contributed by atoms with Gasteiger partial charge >= 0.3 is 11.9 Å². The number of nitrogens with two attached hydrogens (primary N) is 2. The summed E-state index contributed by atoms with van der Waals surface area (Å²) >= 11 is 0. The van der Waals surface area contributed by atoms with Gasteiger partial charge in [-0.05, 0) is 31.6 Å². The van der Waals surface area contributed by atoms with Crippen LogP contribution in [0.25, 0.3) is 0 Å². The molecule has 0 aromatic carbocycles. The molecule has 1 heterocycles. The average molecular weight is 486 g/mol. The van der Waals surface area contributed by atoms with Gasteiger partial charge in [-0.2, -0.15) is 0 Å². The number of likely N-dealkylation sites (tertiary alicyclic amines) is 1. The molecule has 1 aliphatic heterocycles. The first-order chi connectivity index (χ1) is 15.9. The highest BCUT2D eigenvalue weighted by molar-refractivity contribution is 5.94. The number of carboxylic acids is 2. The zero-order valence-corrected chi connectivity index (χ0v) is 19.5. The summed E-state index contributed by atoms with van der Waals surface area (Å²) in [5, 5.41) is 22.7. The molecule has 0 aliphatic carbocycles. The van der Waals surface area contributed by atoms with Crippen LogP contribution in [0.4, 0.5) is 0 Å². The van der Waals surface area contributed by atoms with Gasteiger partial charge in [0.05, 0.1) is 6.04 Å². The highest BCUT2D eigenvalue weighted by Gasteiger charge is 2.38. The number of carbonyl (C=O) groups is 6. The van der Waals surface area contributed by atoms with E-state index in [0.717, 1.165) is 0 Å². The van der Waals surface area contributed by atoms with Crippen molar-refractivity contribution in [3.63, 3.8) is 0 Å². The van der Waals surface area contributed by atoms with Gasteiger partial charge in [0.25, 0.3) is 0 Å². The number of hydrogen-bond acceptors (Lipinski definition) is 7. The molecule has 8 N–H and O–H groups in total. The number of hydrogen-bond donors (Lipinski definition) is 6. The Labute approximate surface area is 197 Å². The third kappa shape index (κ3) is 8.61. The molecule has 34 heavy (non-hydrogen) atoms. The molecule has 192 valence electrons. The minimum Gasteiger partial charge on any atom is -0.481 e. The topological polar surface area (TPSA) is 222 Å². The number of rotatable bonds is 14. The van der Waals surface area contributed by atoms with Crippen LogP contribution in [-0.4, -0.2) is 81.4 Å². The molecule has 0 aromatic heterocycles. The Balaban J connectivity index is 2.96. The van der Waals surface area contributed by atoms with Crippen molar-refractivity contribution in [2.45, 2.75) is 83.0 Å². The number of nitrogens with zero attached hydrogens (tertiary/aromatic N) is 1. The fraction of sp³-hybridized carbons (Fsp3) is 0.714. The molecule has 0 bridgehead atoms. The highest BCUT2D eigenvalue weighted by Crippen LogP contribution is 2.21. The number of primary amides is 1. The van der Waals surface area contributed by atoms with Crippen molar-refractivity contribution in [2.24, 2.45) is 17.4 Å². The largest absolute Gasteiger partial charge is 0.481 e. The van der Waals surface area contributed by atoms with Crippen LogP contribution in [0.2, 0.25) is 0 Å². The maximum atomic E-state index is 13.0. The van der Waals surface area contributed by atoms with Crippen LogP contribution in [0.5, 0.6) is 0 Å². The van der Waals surface area contributed by atoms with Crippen molar-refractivity contribution in [1.29, 1.82) is 0 Å². The van der Waals surface area contributed by atoms with Gasteiger partial charge in [-0.15, -0.1) is 0 Å². The second-order valence-electron chi connectivity index (χ2n) is 8.50. The maximum absolute atomic E-state index is 13.0. The lowest BCUT2D eigenvalue weighted by Gasteiger charge is -2.30. The lowest BCUT2D eigenvalue weighted by atomic mass is 9.98. The first-order valence-electron chi connectivity index (χ1n) is 11.3. The molecule has 5 unspecified atom stereocenters. The maximum Gasteiger partial charge on any atom is 0.326 e. The number of carboxylic acid groups (broad SMARTS) is 2. The minimum absolute atomic E-state index is 0.0929. The molecule has 0 radical (unpaired) electrons. The van der Waals surface area contributed by atoms with Crippen LogP contribution >= 0.6 is 0 Å². The molecule has 5 atom stereocenters. The smallest absolute Gasteiger partial charge is 0.326 e. The van der Waals surface area contributed by atoms with Gasteiger partial charge in [0.1, 0.15) is 18.1 Å². The predicted molar refractivity (Wildman–Crippen MR) is 119 cm³/mol. The van der Waals surface area contributed by atoms with Gasteiger partial charge in [0, 0.05) is 19.4 Å². The summed E-state index contributed by atoms with van der Waals surface area (Å²) in [6.07, 6.45) is 0.259. The molecule has 0 spiro atoms. The summed E-state index contributed by atoms with van der Waals surface area (Å²) in [6, 6.07) is -4.46. The van der Waals surface area contributed by atoms with Crippen molar-refractivity contribution in [3.8, 4) is 0 Å². The molecule has 1 rings (SSSR count). The summed E-state index contributed by atoms with van der Waals surface area (Å²) in [6.45, 7) is 4.06. The van der Waals surface area contributed by atoms with Crippen LogP contribution in [0.15, 0.2) is 0 Å². The second-order valence-corrected chi connectivity index (χ2v) is 8.50.